The lowest BCUT2D eigenvalue weighted by atomic mass is 9.56. The molecule has 3 aliphatic rings. The number of rotatable bonds is 6. The van der Waals surface area contributed by atoms with E-state index in [0.717, 1.165) is 54.6 Å². The van der Waals surface area contributed by atoms with Crippen molar-refractivity contribution in [2.45, 2.75) is 49.7 Å². The van der Waals surface area contributed by atoms with E-state index in [1.807, 2.05) is 61.5 Å². The van der Waals surface area contributed by atoms with E-state index in [9.17, 15) is 9.90 Å². The number of hydrogen-bond donors (Lipinski definition) is 1. The van der Waals surface area contributed by atoms with E-state index in [1.165, 1.54) is 24.9 Å². The number of piperidine rings is 1. The molecule has 1 saturated heterocycles. The Balaban J connectivity index is 1.32. The van der Waals surface area contributed by atoms with Gasteiger partial charge >= 0.3 is 0 Å². The van der Waals surface area contributed by atoms with Crippen LogP contribution in [0.15, 0.2) is 66.7 Å². The normalized spacial score (nSPS) is 28.1. The fourth-order valence-electron chi connectivity index (χ4n) is 7.12. The fraction of sp³-hybridized carbons (Fsp3) is 0.469. The lowest BCUT2D eigenvalue weighted by molar-refractivity contribution is -0.0794. The third-order valence-electron chi connectivity index (χ3n) is 9.39. The number of carbonyl (C=O) groups is 1. The maximum atomic E-state index is 13.8. The van der Waals surface area contributed by atoms with Crippen molar-refractivity contribution in [2.24, 2.45) is 11.8 Å². The molecular formula is C32H38N2O3. The molecule has 3 aromatic carbocycles. The molecule has 5 nitrogen and oxygen atoms in total. The predicted octanol–water partition coefficient (Wildman–Crippen LogP) is 5.46. The second-order valence-electron chi connectivity index (χ2n) is 11.6. The summed E-state index contributed by atoms with van der Waals surface area (Å²) in [5, 5.41) is 12.6. The van der Waals surface area contributed by atoms with Crippen LogP contribution < -0.4 is 0 Å². The molecule has 0 radical (unpaired) electrons. The number of phenols is 1. The number of aromatic hydroxyl groups is 1. The van der Waals surface area contributed by atoms with Gasteiger partial charge in [-0.3, -0.25) is 4.79 Å². The minimum Gasteiger partial charge on any atom is -0.508 e. The highest BCUT2D eigenvalue weighted by Gasteiger charge is 2.53. The zero-order chi connectivity index (χ0) is 25.6. The minimum atomic E-state index is -0.139. The number of hydrogen-bond acceptors (Lipinski definition) is 4. The van der Waals surface area contributed by atoms with Crippen molar-refractivity contribution in [2.75, 3.05) is 33.8 Å². The molecule has 1 N–H and O–H groups in total. The largest absolute Gasteiger partial charge is 0.508 e. The van der Waals surface area contributed by atoms with Crippen LogP contribution in [-0.4, -0.2) is 66.8 Å². The second-order valence-corrected chi connectivity index (χ2v) is 11.6. The van der Waals surface area contributed by atoms with Crippen LogP contribution in [0.3, 0.4) is 0 Å². The Morgan fingerprint density at radius 3 is 2.65 bits per heavy atom. The van der Waals surface area contributed by atoms with Crippen LogP contribution in [-0.2, 0) is 10.2 Å². The Morgan fingerprint density at radius 2 is 1.89 bits per heavy atom. The number of phenolic OH excluding ortho intramolecular Hbond substituents is 1. The van der Waals surface area contributed by atoms with Crippen molar-refractivity contribution >= 4 is 16.7 Å². The molecule has 37 heavy (non-hydrogen) atoms. The molecule has 1 amide bonds. The summed E-state index contributed by atoms with van der Waals surface area (Å²) in [6, 6.07) is 22.0. The number of nitrogens with zero attached hydrogens (tertiary/aromatic N) is 2. The molecular weight excluding hydrogens is 460 g/mol. The van der Waals surface area contributed by atoms with Gasteiger partial charge in [-0.05, 0) is 85.2 Å². The SMILES string of the molecule is COC1C[C@@H](N(C)C(=O)c2ccc3ccccc3c2)C[C@]2(c3cccc(O)c3)CCN(CC3CC3)C[C@@H]12. The zero-order valence-corrected chi connectivity index (χ0v) is 22.0. The van der Waals surface area contributed by atoms with Gasteiger partial charge in [-0.15, -0.1) is 0 Å². The third-order valence-corrected chi connectivity index (χ3v) is 9.39. The van der Waals surface area contributed by atoms with Crippen molar-refractivity contribution in [3.63, 3.8) is 0 Å². The summed E-state index contributed by atoms with van der Waals surface area (Å²) in [4.78, 5) is 18.3. The summed E-state index contributed by atoms with van der Waals surface area (Å²) in [5.41, 5.74) is 1.77. The van der Waals surface area contributed by atoms with Crippen LogP contribution in [0, 0.1) is 11.8 Å². The van der Waals surface area contributed by atoms with Gasteiger partial charge in [0.05, 0.1) is 6.10 Å². The van der Waals surface area contributed by atoms with Crippen LogP contribution in [0.2, 0.25) is 0 Å². The van der Waals surface area contributed by atoms with Crippen molar-refractivity contribution in [1.29, 1.82) is 0 Å². The van der Waals surface area contributed by atoms with Crippen molar-refractivity contribution in [3.8, 4) is 5.75 Å². The first-order valence-corrected chi connectivity index (χ1v) is 13.8. The summed E-state index contributed by atoms with van der Waals surface area (Å²) in [7, 11) is 3.78. The van der Waals surface area contributed by atoms with Crippen LogP contribution in [0.4, 0.5) is 0 Å². The molecule has 2 aliphatic carbocycles. The second kappa shape index (κ2) is 9.77. The molecule has 2 saturated carbocycles. The van der Waals surface area contributed by atoms with E-state index in [2.05, 4.69) is 23.1 Å². The van der Waals surface area contributed by atoms with E-state index in [0.29, 0.717) is 11.7 Å². The number of fused-ring (bicyclic) bond motifs is 2. The smallest absolute Gasteiger partial charge is 0.253 e. The van der Waals surface area contributed by atoms with Crippen LogP contribution in [0.1, 0.15) is 48.0 Å². The van der Waals surface area contributed by atoms with E-state index in [4.69, 9.17) is 4.74 Å². The van der Waals surface area contributed by atoms with Gasteiger partial charge in [0.1, 0.15) is 5.75 Å². The minimum absolute atomic E-state index is 0.0509. The number of carbonyl (C=O) groups excluding carboxylic acids is 1. The molecule has 5 heteroatoms. The van der Waals surface area contributed by atoms with Crippen molar-refractivity contribution in [3.05, 3.63) is 77.9 Å². The Bertz CT molecular complexity index is 1290. The molecule has 194 valence electrons. The molecule has 4 atom stereocenters. The average Bonchev–Trinajstić information content (AvgIpc) is 3.75. The number of methoxy groups -OCH3 is 1. The first-order chi connectivity index (χ1) is 18.0. The van der Waals surface area contributed by atoms with Crippen LogP contribution in [0.5, 0.6) is 5.75 Å². The van der Waals surface area contributed by atoms with E-state index in [-0.39, 0.29) is 23.5 Å². The summed E-state index contributed by atoms with van der Waals surface area (Å²) in [5.74, 6) is 1.55. The quantitative estimate of drug-likeness (QED) is 0.490. The van der Waals surface area contributed by atoms with Gasteiger partial charge in [0.2, 0.25) is 0 Å². The predicted molar refractivity (Wildman–Crippen MR) is 147 cm³/mol. The lowest BCUT2D eigenvalue weighted by Gasteiger charge is -2.56. The van der Waals surface area contributed by atoms with Gasteiger partial charge in [-0.25, -0.2) is 0 Å². The number of amides is 1. The molecule has 6 rings (SSSR count). The van der Waals surface area contributed by atoms with Crippen molar-refractivity contribution in [1.82, 2.24) is 9.80 Å². The molecule has 0 aromatic heterocycles. The van der Waals surface area contributed by atoms with Gasteiger partial charge < -0.3 is 19.6 Å². The molecule has 0 bridgehead atoms. The Hall–Kier alpha value is -2.89. The van der Waals surface area contributed by atoms with Crippen LogP contribution in [0.25, 0.3) is 10.8 Å². The first-order valence-electron chi connectivity index (χ1n) is 13.8. The number of likely N-dealkylation sites (tertiary alicyclic amines) is 1. The third kappa shape index (κ3) is 4.64. The molecule has 3 fully saturated rings. The highest BCUT2D eigenvalue weighted by atomic mass is 16.5. The van der Waals surface area contributed by atoms with E-state index < -0.39 is 0 Å². The van der Waals surface area contributed by atoms with Gasteiger partial charge in [0.25, 0.3) is 5.91 Å². The summed E-state index contributed by atoms with van der Waals surface area (Å²) < 4.78 is 6.20. The molecule has 1 unspecified atom stereocenters. The molecule has 1 aliphatic heterocycles. The highest BCUT2D eigenvalue weighted by Crippen LogP contribution is 2.51. The Kier molecular flexibility index (Phi) is 6.46. The van der Waals surface area contributed by atoms with Gasteiger partial charge in [-0.1, -0.05) is 42.5 Å². The van der Waals surface area contributed by atoms with Gasteiger partial charge in [0.15, 0.2) is 0 Å². The summed E-state index contributed by atoms with van der Waals surface area (Å²) in [6.07, 6.45) is 5.49. The van der Waals surface area contributed by atoms with E-state index in [1.54, 1.807) is 6.07 Å². The molecule has 0 spiro atoms. The summed E-state index contributed by atoms with van der Waals surface area (Å²) >= 11 is 0. The standard InChI is InChI=1S/C32H38N2O3/c1-33(31(36)25-13-12-23-6-3-4-7-24(23)16-25)27-18-30(37-2)29-21-34(20-22-10-11-22)15-14-32(29,19-27)26-8-5-9-28(35)17-26/h3-9,12-13,16-17,22,27,29-30,35H,10-11,14-15,18-21H2,1-2H3/t27-,29+,30?,32+/m1/s1. The lowest BCUT2D eigenvalue weighted by Crippen LogP contribution is -2.61. The van der Waals surface area contributed by atoms with E-state index >= 15 is 0 Å². The maximum absolute atomic E-state index is 13.8. The molecule has 3 aromatic rings. The van der Waals surface area contributed by atoms with Gasteiger partial charge in [0, 0.05) is 50.2 Å². The van der Waals surface area contributed by atoms with Crippen molar-refractivity contribution < 1.29 is 14.6 Å². The first kappa shape index (κ1) is 24.4. The Morgan fingerprint density at radius 1 is 1.08 bits per heavy atom. The number of ether oxygens (including phenoxy) is 1. The highest BCUT2D eigenvalue weighted by molar-refractivity contribution is 5.98. The monoisotopic (exact) mass is 498 g/mol. The maximum Gasteiger partial charge on any atom is 0.253 e. The fourth-order valence-corrected chi connectivity index (χ4v) is 7.12. The topological polar surface area (TPSA) is 53.0 Å². The molecule has 1 heterocycles. The van der Waals surface area contributed by atoms with Crippen LogP contribution >= 0.6 is 0 Å². The zero-order valence-electron chi connectivity index (χ0n) is 22.0. The summed E-state index contributed by atoms with van der Waals surface area (Å²) in [6.45, 7) is 3.25. The van der Waals surface area contributed by atoms with Gasteiger partial charge in [-0.2, -0.15) is 0 Å². The number of benzene rings is 3. The Labute approximate surface area is 220 Å². The average molecular weight is 499 g/mol.